The number of ether oxygens (including phenoxy) is 2. The van der Waals surface area contributed by atoms with E-state index in [2.05, 4.69) is 34.3 Å². The molecule has 1 radical (unpaired) electrons. The summed E-state index contributed by atoms with van der Waals surface area (Å²) in [5.41, 5.74) is 0.871. The van der Waals surface area contributed by atoms with Crippen molar-refractivity contribution in [3.63, 3.8) is 0 Å². The Morgan fingerprint density at radius 3 is 2.49 bits per heavy atom. The van der Waals surface area contributed by atoms with Crippen LogP contribution in [0.1, 0.15) is 56.2 Å². The molecule has 0 aromatic heterocycles. The molecule has 1 amide bonds. The predicted molar refractivity (Wildman–Crippen MR) is 156 cm³/mol. The molecule has 4 rings (SSSR count). The van der Waals surface area contributed by atoms with Gasteiger partial charge in [-0.1, -0.05) is 19.9 Å². The van der Waals surface area contributed by atoms with Crippen LogP contribution in [0.3, 0.4) is 0 Å². The number of nitrogens with zero attached hydrogens (tertiary/aromatic N) is 3. The fraction of sp³-hybridized carbons (Fsp3) is 0.767. The first-order valence-electron chi connectivity index (χ1n) is 14.9. The Balaban J connectivity index is 0.000000607. The van der Waals surface area contributed by atoms with Gasteiger partial charge in [-0.2, -0.15) is 27.3 Å². The number of hydrogen-bond acceptors (Lipinski definition) is 7. The molecule has 43 heavy (non-hydrogen) atoms. The molecular formula is C30H50F3N4O5Y-. The van der Waals surface area contributed by atoms with Crippen molar-refractivity contribution in [1.29, 1.82) is 0 Å². The predicted octanol–water partition coefficient (Wildman–Crippen LogP) is 4.59. The molecule has 2 N–H and O–H groups in total. The third kappa shape index (κ3) is 13.3. The van der Waals surface area contributed by atoms with E-state index in [4.69, 9.17) is 14.7 Å². The number of hydrogen-bond donors (Lipinski definition) is 2. The fourth-order valence-corrected chi connectivity index (χ4v) is 5.68. The maximum atomic E-state index is 13.1. The quantitative estimate of drug-likeness (QED) is 0.289. The molecule has 2 fully saturated rings. The average molecular weight is 693 g/mol. The smallest absolute Gasteiger partial charge is 0.416 e. The Morgan fingerprint density at radius 2 is 1.88 bits per heavy atom. The van der Waals surface area contributed by atoms with Crippen LogP contribution in [0.4, 0.5) is 13.2 Å². The summed E-state index contributed by atoms with van der Waals surface area (Å²) >= 11 is 0. The number of amides is 1. The normalized spacial score (nSPS) is 23.3. The van der Waals surface area contributed by atoms with Gasteiger partial charge in [-0.3, -0.25) is 10.1 Å². The topological polar surface area (TPSA) is 97.6 Å². The first-order valence-corrected chi connectivity index (χ1v) is 14.9. The van der Waals surface area contributed by atoms with E-state index in [9.17, 15) is 18.0 Å². The molecule has 9 nitrogen and oxygen atoms in total. The molecule has 4 atom stereocenters. The molecule has 1 saturated heterocycles. The second-order valence-corrected chi connectivity index (χ2v) is 10.9. The Morgan fingerprint density at radius 1 is 1.19 bits per heavy atom. The first-order chi connectivity index (χ1) is 20.1. The third-order valence-electron chi connectivity index (χ3n) is 8.09. The molecule has 2 aliphatic heterocycles. The van der Waals surface area contributed by atoms with Crippen molar-refractivity contribution in [1.82, 2.24) is 15.1 Å². The van der Waals surface area contributed by atoms with Crippen molar-refractivity contribution >= 4 is 5.91 Å². The monoisotopic (exact) mass is 692 g/mol. The van der Waals surface area contributed by atoms with E-state index < -0.39 is 11.7 Å². The number of carbonyl (C=O) groups excluding carboxylic acids is 1. The Labute approximate surface area is 280 Å². The van der Waals surface area contributed by atoms with Gasteiger partial charge in [0.25, 0.3) is 0 Å². The summed E-state index contributed by atoms with van der Waals surface area (Å²) < 4.78 is 50.1. The van der Waals surface area contributed by atoms with Crippen molar-refractivity contribution in [2.45, 2.75) is 76.9 Å². The Hall–Kier alpha value is -0.696. The van der Waals surface area contributed by atoms with Gasteiger partial charge < -0.3 is 29.9 Å². The minimum atomic E-state index is -4.37. The second-order valence-electron chi connectivity index (χ2n) is 10.9. The van der Waals surface area contributed by atoms with E-state index in [1.807, 2.05) is 0 Å². The molecule has 1 saturated carbocycles. The number of rotatable bonds is 9. The molecule has 0 bridgehead atoms. The SMILES string of the molecule is CCN(CC)CCOO.COC1COCCC1NC1CCC(C(=O)N2CCc3ccc(C(F)(F)F)cc3C2)C1.C[N-]C.[Y]. The summed E-state index contributed by atoms with van der Waals surface area (Å²) in [4.78, 5) is 20.9. The largest absolute Gasteiger partial charge is 0.668 e. The molecule has 245 valence electrons. The third-order valence-corrected chi connectivity index (χ3v) is 8.09. The number of likely N-dealkylation sites (N-methyl/N-ethyl adjacent to an activating group) is 1. The van der Waals surface area contributed by atoms with Gasteiger partial charge in [-0.25, -0.2) is 4.89 Å². The van der Waals surface area contributed by atoms with Crippen LogP contribution in [0, 0.1) is 5.92 Å². The van der Waals surface area contributed by atoms with Gasteiger partial charge in [-0.15, -0.1) is 0 Å². The number of alkyl halides is 3. The molecule has 4 unspecified atom stereocenters. The van der Waals surface area contributed by atoms with Crippen molar-refractivity contribution in [2.24, 2.45) is 5.92 Å². The summed E-state index contributed by atoms with van der Waals surface area (Å²) in [6, 6.07) is 4.37. The number of halogens is 3. The molecule has 1 aromatic carbocycles. The molecule has 1 aromatic rings. The van der Waals surface area contributed by atoms with E-state index in [0.29, 0.717) is 38.3 Å². The van der Waals surface area contributed by atoms with Crippen molar-refractivity contribution < 1.29 is 70.3 Å². The molecule has 13 heteroatoms. The van der Waals surface area contributed by atoms with E-state index in [0.717, 1.165) is 56.9 Å². The summed E-state index contributed by atoms with van der Waals surface area (Å²) in [7, 11) is 5.19. The molecule has 1 aliphatic carbocycles. The summed E-state index contributed by atoms with van der Waals surface area (Å²) in [5, 5.41) is 15.1. The van der Waals surface area contributed by atoms with E-state index in [-0.39, 0.29) is 69.3 Å². The second kappa shape index (κ2) is 21.2. The molecule has 0 spiro atoms. The van der Waals surface area contributed by atoms with E-state index >= 15 is 0 Å². The van der Waals surface area contributed by atoms with Crippen LogP contribution in [-0.4, -0.2) is 106 Å². The van der Waals surface area contributed by atoms with Gasteiger partial charge in [-0.05, 0) is 68.5 Å². The zero-order chi connectivity index (χ0) is 31.1. The van der Waals surface area contributed by atoms with Gasteiger partial charge >= 0.3 is 6.18 Å². The minimum absolute atomic E-state index is 0. The number of methoxy groups -OCH3 is 1. The summed E-state index contributed by atoms with van der Waals surface area (Å²) in [6.45, 7) is 9.53. The molecule has 2 heterocycles. The average Bonchev–Trinajstić information content (AvgIpc) is 3.46. The van der Waals surface area contributed by atoms with Gasteiger partial charge in [0, 0.05) is 84.1 Å². The molecular weight excluding hydrogens is 642 g/mol. The van der Waals surface area contributed by atoms with Crippen molar-refractivity contribution in [3.05, 3.63) is 40.2 Å². The van der Waals surface area contributed by atoms with Crippen LogP contribution < -0.4 is 5.32 Å². The van der Waals surface area contributed by atoms with Crippen molar-refractivity contribution in [2.75, 3.05) is 67.2 Å². The summed E-state index contributed by atoms with van der Waals surface area (Å²) in [5.74, 6) is -0.00619. The van der Waals surface area contributed by atoms with Crippen LogP contribution in [0.2, 0.25) is 0 Å². The van der Waals surface area contributed by atoms with Crippen LogP contribution in [0.5, 0.6) is 0 Å². The zero-order valence-corrected chi connectivity index (χ0v) is 29.2. The van der Waals surface area contributed by atoms with Gasteiger partial charge in [0.15, 0.2) is 0 Å². The number of nitrogens with one attached hydrogen (secondary N) is 1. The van der Waals surface area contributed by atoms with Crippen molar-refractivity contribution in [3.8, 4) is 0 Å². The van der Waals surface area contributed by atoms with E-state index in [1.165, 1.54) is 6.07 Å². The first kappa shape index (κ1) is 40.3. The number of carbonyl (C=O) groups is 1. The van der Waals surface area contributed by atoms with Gasteiger partial charge in [0.2, 0.25) is 5.91 Å². The van der Waals surface area contributed by atoms with Gasteiger partial charge in [0.05, 0.1) is 24.9 Å². The number of benzene rings is 1. The molecule has 3 aliphatic rings. The maximum absolute atomic E-state index is 13.1. The standard InChI is InChI=1S/C22H29F3N2O3.C6H15NO2.C2H6N.Y/c1-29-20-13-30-9-7-19(20)26-18-5-3-15(11-18)21(28)27-8-6-14-2-4-17(22(23,24)25)10-16(14)12-27;1-3-7(4-2)5-6-9-8;1-3-2;/h2,4,10,15,18-20,26H,3,5-9,11-13H2,1H3;8H,3-6H2,1-2H3;1-2H3;/q;;-1;. The zero-order valence-electron chi connectivity index (χ0n) is 26.4. The Bertz CT molecular complexity index is 926. The van der Waals surface area contributed by atoms with Crippen LogP contribution in [-0.2, 0) is 71.0 Å². The Kier molecular flexibility index (Phi) is 19.8. The summed E-state index contributed by atoms with van der Waals surface area (Å²) in [6.07, 6.45) is -0.358. The fourth-order valence-electron chi connectivity index (χ4n) is 5.68. The minimum Gasteiger partial charge on any atom is -0.668 e. The van der Waals surface area contributed by atoms with Crippen LogP contribution >= 0.6 is 0 Å². The van der Waals surface area contributed by atoms with Gasteiger partial charge in [0.1, 0.15) is 0 Å². The van der Waals surface area contributed by atoms with E-state index in [1.54, 1.807) is 32.2 Å². The van der Waals surface area contributed by atoms with Crippen LogP contribution in [0.15, 0.2) is 18.2 Å². The number of fused-ring (bicyclic) bond motifs is 1. The maximum Gasteiger partial charge on any atom is 0.416 e. The van der Waals surface area contributed by atoms with Crippen LogP contribution in [0.25, 0.3) is 5.32 Å².